The average molecular weight is 442 g/mol. The number of anilines is 1. The third kappa shape index (κ3) is 4.35. The van der Waals surface area contributed by atoms with Crippen molar-refractivity contribution >= 4 is 11.6 Å². The number of halogens is 3. The predicted molar refractivity (Wildman–Crippen MR) is 117 cm³/mol. The average Bonchev–Trinajstić information content (AvgIpc) is 3.23. The van der Waals surface area contributed by atoms with Gasteiger partial charge in [-0.3, -0.25) is 4.79 Å². The summed E-state index contributed by atoms with van der Waals surface area (Å²) >= 11 is 0. The number of benzene rings is 2. The Morgan fingerprint density at radius 2 is 1.69 bits per heavy atom. The van der Waals surface area contributed by atoms with Gasteiger partial charge in [0.25, 0.3) is 5.91 Å². The van der Waals surface area contributed by atoms with E-state index >= 15 is 0 Å². The molecule has 1 amide bonds. The highest BCUT2D eigenvalue weighted by Crippen LogP contribution is 2.32. The maximum Gasteiger partial charge on any atom is 0.416 e. The van der Waals surface area contributed by atoms with E-state index < -0.39 is 11.7 Å². The van der Waals surface area contributed by atoms with Gasteiger partial charge >= 0.3 is 6.18 Å². The van der Waals surface area contributed by atoms with E-state index in [2.05, 4.69) is 5.10 Å². The molecule has 3 aromatic rings. The van der Waals surface area contributed by atoms with Crippen molar-refractivity contribution in [3.8, 4) is 5.69 Å². The van der Waals surface area contributed by atoms with Crippen LogP contribution < -0.4 is 4.90 Å². The van der Waals surface area contributed by atoms with Crippen LogP contribution in [0.4, 0.5) is 18.9 Å². The third-order valence-corrected chi connectivity index (χ3v) is 5.82. The van der Waals surface area contributed by atoms with Crippen LogP contribution in [0.1, 0.15) is 34.1 Å². The lowest BCUT2D eigenvalue weighted by atomic mass is 10.1. The van der Waals surface area contributed by atoms with E-state index in [-0.39, 0.29) is 5.91 Å². The SMILES string of the molecule is CCc1c(C(=O)N2CCN(c3cccc(C(F)(F)F)c3)CC2)cnn1-c1ccc(C)cc1. The lowest BCUT2D eigenvalue weighted by Crippen LogP contribution is -2.49. The van der Waals surface area contributed by atoms with Crippen LogP contribution >= 0.6 is 0 Å². The van der Waals surface area contributed by atoms with Gasteiger partial charge in [0.05, 0.1) is 28.7 Å². The molecule has 0 spiro atoms. The van der Waals surface area contributed by atoms with Crippen molar-refractivity contribution in [3.05, 3.63) is 77.1 Å². The van der Waals surface area contributed by atoms with Gasteiger partial charge in [-0.15, -0.1) is 0 Å². The van der Waals surface area contributed by atoms with Crippen LogP contribution in [-0.2, 0) is 12.6 Å². The minimum Gasteiger partial charge on any atom is -0.368 e. The van der Waals surface area contributed by atoms with Gasteiger partial charge in [-0.1, -0.05) is 30.7 Å². The fourth-order valence-electron chi connectivity index (χ4n) is 4.02. The van der Waals surface area contributed by atoms with Crippen molar-refractivity contribution in [2.45, 2.75) is 26.4 Å². The summed E-state index contributed by atoms with van der Waals surface area (Å²) in [5.74, 6) is -0.0936. The Hall–Kier alpha value is -3.29. The van der Waals surface area contributed by atoms with E-state index in [1.807, 2.05) is 43.0 Å². The zero-order chi connectivity index (χ0) is 22.9. The Morgan fingerprint density at radius 1 is 1.00 bits per heavy atom. The van der Waals surface area contributed by atoms with Gasteiger partial charge in [0.1, 0.15) is 0 Å². The predicted octanol–water partition coefficient (Wildman–Crippen LogP) is 4.72. The Kier molecular flexibility index (Phi) is 5.95. The quantitative estimate of drug-likeness (QED) is 0.587. The molecule has 8 heteroatoms. The standard InChI is InChI=1S/C24H25F3N4O/c1-3-22-21(16-28-31(22)19-9-7-17(2)8-10-19)23(32)30-13-11-29(12-14-30)20-6-4-5-18(15-20)24(25,26)27/h4-10,15-16H,3,11-14H2,1-2H3. The number of carbonyl (C=O) groups is 1. The smallest absolute Gasteiger partial charge is 0.368 e. The number of alkyl halides is 3. The number of hydrogen-bond donors (Lipinski definition) is 0. The molecule has 0 bridgehead atoms. The van der Waals surface area contributed by atoms with E-state index in [4.69, 9.17) is 0 Å². The van der Waals surface area contributed by atoms with Crippen LogP contribution in [0, 0.1) is 6.92 Å². The molecule has 0 unspecified atom stereocenters. The largest absolute Gasteiger partial charge is 0.416 e. The molecule has 4 rings (SSSR count). The highest BCUT2D eigenvalue weighted by Gasteiger charge is 2.31. The summed E-state index contributed by atoms with van der Waals surface area (Å²) in [7, 11) is 0. The summed E-state index contributed by atoms with van der Waals surface area (Å²) in [5, 5.41) is 4.45. The van der Waals surface area contributed by atoms with E-state index in [1.54, 1.807) is 21.8 Å². The first kappa shape index (κ1) is 21.9. The minimum absolute atomic E-state index is 0.0936. The van der Waals surface area contributed by atoms with Crippen LogP contribution in [0.25, 0.3) is 5.69 Å². The lowest BCUT2D eigenvalue weighted by Gasteiger charge is -2.36. The van der Waals surface area contributed by atoms with Crippen molar-refractivity contribution in [1.82, 2.24) is 14.7 Å². The number of piperazine rings is 1. The lowest BCUT2D eigenvalue weighted by molar-refractivity contribution is -0.137. The van der Waals surface area contributed by atoms with Gasteiger partial charge in [0.2, 0.25) is 0 Å². The Bertz CT molecular complexity index is 1100. The van der Waals surface area contributed by atoms with Gasteiger partial charge in [0.15, 0.2) is 0 Å². The molecule has 1 aliphatic heterocycles. The highest BCUT2D eigenvalue weighted by atomic mass is 19.4. The Balaban J connectivity index is 1.48. The summed E-state index contributed by atoms with van der Waals surface area (Å²) in [6, 6.07) is 13.3. The molecule has 5 nitrogen and oxygen atoms in total. The van der Waals surface area contributed by atoms with Crippen molar-refractivity contribution in [1.29, 1.82) is 0 Å². The molecule has 1 saturated heterocycles. The molecule has 32 heavy (non-hydrogen) atoms. The van der Waals surface area contributed by atoms with E-state index in [0.29, 0.717) is 43.9 Å². The van der Waals surface area contributed by atoms with Crippen molar-refractivity contribution in [2.75, 3.05) is 31.1 Å². The second kappa shape index (κ2) is 8.68. The topological polar surface area (TPSA) is 41.4 Å². The number of aryl methyl sites for hydroxylation is 1. The first-order valence-corrected chi connectivity index (χ1v) is 10.6. The molecular formula is C24H25F3N4O. The second-order valence-electron chi connectivity index (χ2n) is 7.93. The number of aromatic nitrogens is 2. The van der Waals surface area contributed by atoms with Crippen LogP contribution in [0.5, 0.6) is 0 Å². The summed E-state index contributed by atoms with van der Waals surface area (Å²) < 4.78 is 40.9. The molecule has 1 aromatic heterocycles. The molecule has 168 valence electrons. The number of carbonyl (C=O) groups excluding carboxylic acids is 1. The molecule has 2 aromatic carbocycles. The fourth-order valence-corrected chi connectivity index (χ4v) is 4.02. The summed E-state index contributed by atoms with van der Waals surface area (Å²) in [6.07, 6.45) is -2.11. The second-order valence-corrected chi connectivity index (χ2v) is 7.93. The Morgan fingerprint density at radius 3 is 2.31 bits per heavy atom. The molecule has 2 heterocycles. The number of nitrogens with zero attached hydrogens (tertiary/aromatic N) is 4. The normalized spacial score (nSPS) is 14.7. The van der Waals surface area contributed by atoms with E-state index in [1.165, 1.54) is 6.07 Å². The molecule has 0 radical (unpaired) electrons. The van der Waals surface area contributed by atoms with Crippen LogP contribution in [0.2, 0.25) is 0 Å². The molecule has 0 saturated carbocycles. The van der Waals surface area contributed by atoms with Crippen molar-refractivity contribution in [2.24, 2.45) is 0 Å². The Labute approximate surface area is 185 Å². The summed E-state index contributed by atoms with van der Waals surface area (Å²) in [6.45, 7) is 5.83. The highest BCUT2D eigenvalue weighted by molar-refractivity contribution is 5.95. The van der Waals surface area contributed by atoms with Gasteiger partial charge in [-0.2, -0.15) is 18.3 Å². The maximum absolute atomic E-state index is 13.2. The van der Waals surface area contributed by atoms with Crippen LogP contribution in [-0.4, -0.2) is 46.8 Å². The van der Waals surface area contributed by atoms with Gasteiger partial charge in [-0.25, -0.2) is 4.68 Å². The van der Waals surface area contributed by atoms with Gasteiger partial charge in [0, 0.05) is 31.9 Å². The van der Waals surface area contributed by atoms with Gasteiger partial charge in [-0.05, 0) is 43.7 Å². The summed E-state index contributed by atoms with van der Waals surface area (Å²) in [5.41, 5.74) is 3.33. The van der Waals surface area contributed by atoms with Crippen molar-refractivity contribution in [3.63, 3.8) is 0 Å². The van der Waals surface area contributed by atoms with Crippen LogP contribution in [0.15, 0.2) is 54.7 Å². The van der Waals surface area contributed by atoms with Crippen molar-refractivity contribution < 1.29 is 18.0 Å². The first-order chi connectivity index (χ1) is 15.3. The fraction of sp³-hybridized carbons (Fsp3) is 0.333. The monoisotopic (exact) mass is 442 g/mol. The maximum atomic E-state index is 13.2. The molecular weight excluding hydrogens is 417 g/mol. The first-order valence-electron chi connectivity index (χ1n) is 10.6. The zero-order valence-electron chi connectivity index (χ0n) is 18.1. The number of amides is 1. The molecule has 0 N–H and O–H groups in total. The molecule has 1 aliphatic rings. The van der Waals surface area contributed by atoms with Gasteiger partial charge < -0.3 is 9.80 Å². The molecule has 1 fully saturated rings. The molecule has 0 atom stereocenters. The minimum atomic E-state index is -4.37. The summed E-state index contributed by atoms with van der Waals surface area (Å²) in [4.78, 5) is 16.8. The zero-order valence-corrected chi connectivity index (χ0v) is 18.1. The number of rotatable bonds is 4. The third-order valence-electron chi connectivity index (χ3n) is 5.82. The van der Waals surface area contributed by atoms with E-state index in [9.17, 15) is 18.0 Å². The van der Waals surface area contributed by atoms with Crippen LogP contribution in [0.3, 0.4) is 0 Å². The van der Waals surface area contributed by atoms with E-state index in [0.717, 1.165) is 29.1 Å². The number of hydrogen-bond acceptors (Lipinski definition) is 3. The molecule has 0 aliphatic carbocycles.